The van der Waals surface area contributed by atoms with Crippen molar-refractivity contribution in [3.05, 3.63) is 59.3 Å². The van der Waals surface area contributed by atoms with Gasteiger partial charge in [0.2, 0.25) is 0 Å². The number of carbonyl (C=O) groups is 1. The van der Waals surface area contributed by atoms with Gasteiger partial charge in [0, 0.05) is 12.7 Å². The van der Waals surface area contributed by atoms with Gasteiger partial charge >= 0.3 is 5.97 Å². The Morgan fingerprint density at radius 3 is 2.70 bits per heavy atom. The van der Waals surface area contributed by atoms with Crippen LogP contribution in [0.15, 0.2) is 36.5 Å². The van der Waals surface area contributed by atoms with Crippen molar-refractivity contribution in [2.75, 3.05) is 18.5 Å². The van der Waals surface area contributed by atoms with Crippen molar-refractivity contribution in [2.45, 2.75) is 13.0 Å². The minimum atomic E-state index is -1.03. The summed E-state index contributed by atoms with van der Waals surface area (Å²) in [6.45, 7) is 2.04. The molecular formula is C16H16F2N2O3. The summed E-state index contributed by atoms with van der Waals surface area (Å²) >= 11 is 0. The third kappa shape index (κ3) is 4.46. The SMILES string of the molecule is CCOC(=O)c1ccc(NC[C@H](O)c2ccc(F)c(F)c2)nc1. The van der Waals surface area contributed by atoms with Crippen LogP contribution in [-0.2, 0) is 4.74 Å². The lowest BCUT2D eigenvalue weighted by Gasteiger charge is -2.13. The normalized spacial score (nSPS) is 11.8. The maximum atomic E-state index is 13.1. The number of halogens is 2. The molecule has 5 nitrogen and oxygen atoms in total. The molecule has 0 fully saturated rings. The first-order valence-electron chi connectivity index (χ1n) is 7.01. The average Bonchev–Trinajstić information content (AvgIpc) is 2.56. The Morgan fingerprint density at radius 2 is 2.09 bits per heavy atom. The highest BCUT2D eigenvalue weighted by Crippen LogP contribution is 2.17. The van der Waals surface area contributed by atoms with Gasteiger partial charge in [0.15, 0.2) is 11.6 Å². The highest BCUT2D eigenvalue weighted by atomic mass is 19.2. The monoisotopic (exact) mass is 322 g/mol. The minimum absolute atomic E-state index is 0.0524. The Bertz CT molecular complexity index is 678. The maximum absolute atomic E-state index is 13.1. The summed E-state index contributed by atoms with van der Waals surface area (Å²) in [4.78, 5) is 15.5. The molecule has 0 radical (unpaired) electrons. The number of benzene rings is 1. The molecule has 1 atom stereocenters. The van der Waals surface area contributed by atoms with Crippen LogP contribution in [0, 0.1) is 11.6 Å². The quantitative estimate of drug-likeness (QED) is 0.800. The molecule has 1 aromatic heterocycles. The molecule has 0 amide bonds. The average molecular weight is 322 g/mol. The summed E-state index contributed by atoms with van der Waals surface area (Å²) in [7, 11) is 0. The van der Waals surface area contributed by atoms with Crippen LogP contribution >= 0.6 is 0 Å². The molecule has 23 heavy (non-hydrogen) atoms. The number of aliphatic hydroxyl groups is 1. The van der Waals surface area contributed by atoms with Crippen LogP contribution in [0.25, 0.3) is 0 Å². The van der Waals surface area contributed by atoms with E-state index in [2.05, 4.69) is 10.3 Å². The van der Waals surface area contributed by atoms with Crippen molar-refractivity contribution < 1.29 is 23.4 Å². The molecule has 1 heterocycles. The second kappa shape index (κ2) is 7.64. The molecule has 0 bridgehead atoms. The third-order valence-corrected chi connectivity index (χ3v) is 3.08. The van der Waals surface area contributed by atoms with Gasteiger partial charge in [0.05, 0.1) is 18.3 Å². The summed E-state index contributed by atoms with van der Waals surface area (Å²) in [6, 6.07) is 6.31. The van der Waals surface area contributed by atoms with Gasteiger partial charge in [-0.15, -0.1) is 0 Å². The van der Waals surface area contributed by atoms with E-state index in [1.165, 1.54) is 18.3 Å². The fourth-order valence-electron chi connectivity index (χ4n) is 1.87. The molecule has 0 spiro atoms. The zero-order valence-corrected chi connectivity index (χ0v) is 12.4. The van der Waals surface area contributed by atoms with Crippen LogP contribution in [0.1, 0.15) is 28.9 Å². The molecule has 7 heteroatoms. The smallest absolute Gasteiger partial charge is 0.339 e. The number of hydrogen-bond donors (Lipinski definition) is 2. The topological polar surface area (TPSA) is 71.5 Å². The molecule has 0 aliphatic heterocycles. The van der Waals surface area contributed by atoms with Crippen molar-refractivity contribution >= 4 is 11.8 Å². The number of nitrogens with zero attached hydrogens (tertiary/aromatic N) is 1. The number of nitrogens with one attached hydrogen (secondary N) is 1. The van der Waals surface area contributed by atoms with E-state index in [0.29, 0.717) is 11.4 Å². The number of pyridine rings is 1. The van der Waals surface area contributed by atoms with Crippen LogP contribution in [0.2, 0.25) is 0 Å². The zero-order valence-electron chi connectivity index (χ0n) is 12.4. The first kappa shape index (κ1) is 16.8. The maximum Gasteiger partial charge on any atom is 0.339 e. The summed E-state index contributed by atoms with van der Waals surface area (Å²) < 4.78 is 30.8. The van der Waals surface area contributed by atoms with Gasteiger partial charge in [-0.3, -0.25) is 0 Å². The number of anilines is 1. The number of aromatic nitrogens is 1. The molecule has 2 rings (SSSR count). The van der Waals surface area contributed by atoms with Crippen molar-refractivity contribution in [2.24, 2.45) is 0 Å². The van der Waals surface area contributed by atoms with Gasteiger partial charge in [-0.2, -0.15) is 0 Å². The van der Waals surface area contributed by atoms with Crippen LogP contribution < -0.4 is 5.32 Å². The van der Waals surface area contributed by atoms with Gasteiger partial charge in [0.25, 0.3) is 0 Å². The third-order valence-electron chi connectivity index (χ3n) is 3.08. The Labute approximate surface area is 131 Å². The molecule has 2 aromatic rings. The standard InChI is InChI=1S/C16H16F2N2O3/c1-2-23-16(22)11-4-6-15(19-8-11)20-9-14(21)10-3-5-12(17)13(18)7-10/h3-8,14,21H,2,9H2,1H3,(H,19,20)/t14-/m0/s1. The Morgan fingerprint density at radius 1 is 1.30 bits per heavy atom. The number of ether oxygens (including phenoxy) is 1. The first-order valence-corrected chi connectivity index (χ1v) is 7.01. The summed E-state index contributed by atoms with van der Waals surface area (Å²) in [5.41, 5.74) is 0.568. The zero-order chi connectivity index (χ0) is 16.8. The van der Waals surface area contributed by atoms with Crippen molar-refractivity contribution in [1.82, 2.24) is 4.98 Å². The lowest BCUT2D eigenvalue weighted by Crippen LogP contribution is -2.13. The Hall–Kier alpha value is -2.54. The highest BCUT2D eigenvalue weighted by molar-refractivity contribution is 5.89. The molecule has 0 saturated carbocycles. The van der Waals surface area contributed by atoms with E-state index in [0.717, 1.165) is 12.1 Å². The number of rotatable bonds is 6. The molecule has 2 N–H and O–H groups in total. The molecule has 0 aliphatic carbocycles. The molecule has 0 unspecified atom stereocenters. The van der Waals surface area contributed by atoms with Gasteiger partial charge in [-0.1, -0.05) is 6.07 Å². The van der Waals surface area contributed by atoms with E-state index in [1.807, 2.05) is 0 Å². The fraction of sp³-hybridized carbons (Fsp3) is 0.250. The van der Waals surface area contributed by atoms with Crippen molar-refractivity contribution in [3.63, 3.8) is 0 Å². The van der Waals surface area contributed by atoms with Crippen LogP contribution in [0.3, 0.4) is 0 Å². The second-order valence-electron chi connectivity index (χ2n) is 4.72. The van der Waals surface area contributed by atoms with E-state index < -0.39 is 23.7 Å². The number of aliphatic hydroxyl groups excluding tert-OH is 1. The minimum Gasteiger partial charge on any atom is -0.462 e. The fourth-order valence-corrected chi connectivity index (χ4v) is 1.87. The summed E-state index contributed by atoms with van der Waals surface area (Å²) in [5.74, 6) is -2.02. The van der Waals surface area contributed by atoms with E-state index >= 15 is 0 Å². The highest BCUT2D eigenvalue weighted by Gasteiger charge is 2.11. The summed E-state index contributed by atoms with van der Waals surface area (Å²) in [5, 5.41) is 12.8. The predicted octanol–water partition coefficient (Wildman–Crippen LogP) is 2.68. The molecule has 0 aliphatic rings. The van der Waals surface area contributed by atoms with Crippen LogP contribution in [-0.4, -0.2) is 29.2 Å². The Balaban J connectivity index is 1.94. The molecule has 0 saturated heterocycles. The Kier molecular flexibility index (Phi) is 5.59. The van der Waals surface area contributed by atoms with E-state index in [-0.39, 0.29) is 18.7 Å². The second-order valence-corrected chi connectivity index (χ2v) is 4.72. The van der Waals surface area contributed by atoms with Gasteiger partial charge in [-0.25, -0.2) is 18.6 Å². The van der Waals surface area contributed by atoms with Crippen LogP contribution in [0.4, 0.5) is 14.6 Å². The summed E-state index contributed by atoms with van der Waals surface area (Å²) in [6.07, 6.45) is 0.321. The van der Waals surface area contributed by atoms with E-state index in [9.17, 15) is 18.7 Å². The lowest BCUT2D eigenvalue weighted by molar-refractivity contribution is 0.0526. The number of carbonyl (C=O) groups excluding carboxylic acids is 1. The van der Waals surface area contributed by atoms with E-state index in [4.69, 9.17) is 4.74 Å². The van der Waals surface area contributed by atoms with Crippen molar-refractivity contribution in [3.8, 4) is 0 Å². The van der Waals surface area contributed by atoms with Gasteiger partial charge < -0.3 is 15.2 Å². The molecule has 1 aromatic carbocycles. The van der Waals surface area contributed by atoms with Gasteiger partial charge in [0.1, 0.15) is 5.82 Å². The first-order chi connectivity index (χ1) is 11.0. The van der Waals surface area contributed by atoms with Crippen molar-refractivity contribution in [1.29, 1.82) is 0 Å². The lowest BCUT2D eigenvalue weighted by atomic mass is 10.1. The number of hydrogen-bond acceptors (Lipinski definition) is 5. The predicted molar refractivity (Wildman–Crippen MR) is 80.0 cm³/mol. The van der Waals surface area contributed by atoms with Gasteiger partial charge in [-0.05, 0) is 36.8 Å². The van der Waals surface area contributed by atoms with E-state index in [1.54, 1.807) is 13.0 Å². The largest absolute Gasteiger partial charge is 0.462 e. The molecular weight excluding hydrogens is 306 g/mol. The number of esters is 1. The molecule has 122 valence electrons. The van der Waals surface area contributed by atoms with Crippen LogP contribution in [0.5, 0.6) is 0 Å².